The van der Waals surface area contributed by atoms with Crippen LogP contribution in [0.3, 0.4) is 0 Å². The molecule has 37 heavy (non-hydrogen) atoms. The third-order valence-corrected chi connectivity index (χ3v) is 5.16. The van der Waals surface area contributed by atoms with Crippen LogP contribution in [0.2, 0.25) is 0 Å². The molecule has 6 N–H and O–H groups in total. The normalized spacial score (nSPS) is 12.0. The summed E-state index contributed by atoms with van der Waals surface area (Å²) in [7, 11) is 0. The van der Waals surface area contributed by atoms with E-state index in [0.29, 0.717) is 5.56 Å². The molecule has 0 unspecified atom stereocenters. The largest absolute Gasteiger partial charge is 0.504 e. The fraction of sp³-hybridized carbons (Fsp3) is 0.423. The van der Waals surface area contributed by atoms with Crippen LogP contribution in [0.5, 0.6) is 28.7 Å². The van der Waals surface area contributed by atoms with Crippen molar-refractivity contribution >= 4 is 17.8 Å². The summed E-state index contributed by atoms with van der Waals surface area (Å²) in [5, 5.41) is 52.2. The van der Waals surface area contributed by atoms with E-state index in [2.05, 4.69) is 5.32 Å². The van der Waals surface area contributed by atoms with Crippen LogP contribution in [-0.2, 0) is 30.3 Å². The Balaban J connectivity index is 2.16. The van der Waals surface area contributed by atoms with Gasteiger partial charge < -0.3 is 40.3 Å². The van der Waals surface area contributed by atoms with Crippen LogP contribution >= 0.6 is 0 Å². The third-order valence-electron chi connectivity index (χ3n) is 5.16. The van der Waals surface area contributed by atoms with E-state index in [1.807, 2.05) is 0 Å². The van der Waals surface area contributed by atoms with Crippen molar-refractivity contribution in [2.24, 2.45) is 0 Å². The monoisotopic (exact) mass is 519 g/mol. The number of nitrogens with one attached hydrogen (secondary N) is 1. The summed E-state index contributed by atoms with van der Waals surface area (Å²) in [5.74, 6) is -6.15. The maximum absolute atomic E-state index is 12.5. The number of carbonyl (C=O) groups is 3. The molecule has 202 valence electrons. The lowest BCUT2D eigenvalue weighted by molar-refractivity contribution is -0.156. The van der Waals surface area contributed by atoms with E-state index < -0.39 is 58.2 Å². The molecule has 11 nitrogen and oxygen atoms in total. The minimum absolute atomic E-state index is 0.116. The first-order valence-corrected chi connectivity index (χ1v) is 11.7. The van der Waals surface area contributed by atoms with Gasteiger partial charge in [0.15, 0.2) is 11.5 Å². The Kier molecular flexibility index (Phi) is 9.59. The Labute approximate surface area is 214 Å². The van der Waals surface area contributed by atoms with Crippen molar-refractivity contribution in [3.05, 3.63) is 29.8 Å². The summed E-state index contributed by atoms with van der Waals surface area (Å²) >= 11 is 0. The highest BCUT2D eigenvalue weighted by molar-refractivity contribution is 5.85. The van der Waals surface area contributed by atoms with Gasteiger partial charge >= 0.3 is 11.9 Å². The summed E-state index contributed by atoms with van der Waals surface area (Å²) in [6, 6.07) is 5.50. The molecular formula is C26H33NO10. The molecule has 0 spiro atoms. The molecule has 2 rings (SSSR count). The number of esters is 2. The predicted molar refractivity (Wildman–Crippen MR) is 132 cm³/mol. The molecule has 0 aliphatic carbocycles. The molecule has 0 fully saturated rings. The molecule has 0 aromatic heterocycles. The van der Waals surface area contributed by atoms with E-state index in [1.165, 1.54) is 12.1 Å². The number of amides is 1. The molecule has 0 aliphatic rings. The molecule has 11 heteroatoms. The average Bonchev–Trinajstić information content (AvgIpc) is 2.80. The van der Waals surface area contributed by atoms with Gasteiger partial charge in [-0.1, -0.05) is 24.3 Å². The van der Waals surface area contributed by atoms with Crippen molar-refractivity contribution in [2.45, 2.75) is 65.0 Å². The number of hydrogen-bond acceptors (Lipinski definition) is 10. The Hall–Kier alpha value is -4.15. The molecule has 1 amide bonds. The lowest BCUT2D eigenvalue weighted by Crippen LogP contribution is -2.38. The Bertz CT molecular complexity index is 1110. The number of carbonyl (C=O) groups excluding carboxylic acids is 3. The molecule has 0 saturated heterocycles. The van der Waals surface area contributed by atoms with Crippen molar-refractivity contribution in [3.63, 3.8) is 0 Å². The average molecular weight is 520 g/mol. The van der Waals surface area contributed by atoms with Crippen LogP contribution in [0.4, 0.5) is 0 Å². The molecular weight excluding hydrogens is 486 g/mol. The topological polar surface area (TPSA) is 183 Å². The van der Waals surface area contributed by atoms with Crippen molar-refractivity contribution in [1.29, 1.82) is 0 Å². The maximum Gasteiger partial charge on any atom is 0.307 e. The zero-order chi connectivity index (χ0) is 27.9. The van der Waals surface area contributed by atoms with Crippen LogP contribution in [0, 0.1) is 0 Å². The number of benzene rings is 2. The number of aromatic hydroxyl groups is 5. The maximum atomic E-state index is 12.5. The summed E-state index contributed by atoms with van der Waals surface area (Å²) in [6.07, 6.45) is -0.154. The molecule has 0 aliphatic heterocycles. The zero-order valence-corrected chi connectivity index (χ0v) is 21.2. The second-order valence-corrected chi connectivity index (χ2v) is 9.38. The van der Waals surface area contributed by atoms with Gasteiger partial charge in [0, 0.05) is 12.5 Å². The Morgan fingerprint density at radius 3 is 1.89 bits per heavy atom. The summed E-state index contributed by atoms with van der Waals surface area (Å²) in [4.78, 5) is 36.4. The van der Waals surface area contributed by atoms with Crippen molar-refractivity contribution < 1.29 is 49.4 Å². The van der Waals surface area contributed by atoms with Crippen molar-refractivity contribution in [3.8, 4) is 39.9 Å². The lowest BCUT2D eigenvalue weighted by atomic mass is 9.97. The van der Waals surface area contributed by atoms with Gasteiger partial charge in [-0.25, -0.2) is 0 Å². The van der Waals surface area contributed by atoms with Gasteiger partial charge in [0.1, 0.15) is 5.60 Å². The first-order valence-electron chi connectivity index (χ1n) is 11.7. The van der Waals surface area contributed by atoms with Crippen LogP contribution in [0.15, 0.2) is 24.3 Å². The second kappa shape index (κ2) is 12.2. The van der Waals surface area contributed by atoms with Crippen LogP contribution in [0.25, 0.3) is 11.1 Å². The summed E-state index contributed by atoms with van der Waals surface area (Å²) in [5.41, 5.74) is -0.0839. The molecule has 0 radical (unpaired) electrons. The van der Waals surface area contributed by atoms with Gasteiger partial charge in [-0.2, -0.15) is 0 Å². The zero-order valence-electron chi connectivity index (χ0n) is 21.2. The highest BCUT2D eigenvalue weighted by Gasteiger charge is 2.25. The van der Waals surface area contributed by atoms with Gasteiger partial charge in [0.2, 0.25) is 23.2 Å². The predicted octanol–water partition coefficient (Wildman–Crippen LogP) is 2.98. The molecule has 1 atom stereocenters. The van der Waals surface area contributed by atoms with Crippen molar-refractivity contribution in [1.82, 2.24) is 5.32 Å². The van der Waals surface area contributed by atoms with E-state index in [9.17, 15) is 39.9 Å². The lowest BCUT2D eigenvalue weighted by Gasteiger charge is -2.20. The summed E-state index contributed by atoms with van der Waals surface area (Å²) < 4.78 is 10.2. The second-order valence-electron chi connectivity index (χ2n) is 9.38. The molecule has 0 heterocycles. The van der Waals surface area contributed by atoms with Crippen molar-refractivity contribution in [2.75, 3.05) is 6.61 Å². The first-order chi connectivity index (χ1) is 17.2. The van der Waals surface area contributed by atoms with Crippen LogP contribution in [0.1, 0.15) is 52.5 Å². The molecule has 0 bridgehead atoms. The minimum atomic E-state index is -1.06. The highest BCUT2D eigenvalue weighted by Crippen LogP contribution is 2.54. The minimum Gasteiger partial charge on any atom is -0.504 e. The standard InChI is InChI=1S/C26H33NO10/c1-5-36-19(30)13-16(27-17(28)10-11-18(29)37-26(2,3)4)12-14-6-8-15(9-7-14)20-21(31)23(33)25(35)24(34)22(20)32/h6-9,16,31-35H,5,10-13H2,1-4H3,(H,27,28)/t16-/m1/s1. The number of hydrogen-bond donors (Lipinski definition) is 6. The third kappa shape index (κ3) is 8.19. The van der Waals surface area contributed by atoms with E-state index in [1.54, 1.807) is 39.8 Å². The number of ether oxygens (including phenoxy) is 2. The van der Waals surface area contributed by atoms with Gasteiger partial charge in [-0.15, -0.1) is 0 Å². The first kappa shape index (κ1) is 29.1. The van der Waals surface area contributed by atoms with Crippen LogP contribution in [-0.4, -0.2) is 61.6 Å². The smallest absolute Gasteiger partial charge is 0.307 e. The SMILES string of the molecule is CCOC(=O)C[C@@H](Cc1ccc(-c2c(O)c(O)c(O)c(O)c2O)cc1)NC(=O)CCC(=O)OC(C)(C)C. The summed E-state index contributed by atoms with van der Waals surface area (Å²) in [6.45, 7) is 7.01. The molecule has 2 aromatic carbocycles. The quantitative estimate of drug-likeness (QED) is 0.155. The molecule has 2 aromatic rings. The van der Waals surface area contributed by atoms with Gasteiger partial charge in [0.05, 0.1) is 25.0 Å². The van der Waals surface area contributed by atoms with Gasteiger partial charge in [0.25, 0.3) is 0 Å². The fourth-order valence-electron chi connectivity index (χ4n) is 3.55. The molecule has 0 saturated carbocycles. The number of phenols is 5. The van der Waals surface area contributed by atoms with Gasteiger partial charge in [-0.05, 0) is 45.2 Å². The Morgan fingerprint density at radius 1 is 0.838 bits per heavy atom. The van der Waals surface area contributed by atoms with E-state index >= 15 is 0 Å². The number of rotatable bonds is 10. The van der Waals surface area contributed by atoms with E-state index in [-0.39, 0.29) is 43.4 Å². The Morgan fingerprint density at radius 2 is 1.38 bits per heavy atom. The van der Waals surface area contributed by atoms with E-state index in [0.717, 1.165) is 0 Å². The highest BCUT2D eigenvalue weighted by atomic mass is 16.6. The van der Waals surface area contributed by atoms with Gasteiger partial charge in [-0.3, -0.25) is 14.4 Å². The fourth-order valence-corrected chi connectivity index (χ4v) is 3.55. The van der Waals surface area contributed by atoms with Crippen LogP contribution < -0.4 is 5.32 Å². The van der Waals surface area contributed by atoms with E-state index in [4.69, 9.17) is 9.47 Å². The number of phenolic OH excluding ortho intramolecular Hbond substituents is 5.